The zero-order valence-corrected chi connectivity index (χ0v) is 15.8. The fraction of sp³-hybridized carbons (Fsp3) is 0.444. The summed E-state index contributed by atoms with van der Waals surface area (Å²) in [5, 5.41) is 12.2. The minimum atomic E-state index is 0.251. The van der Waals surface area contributed by atoms with Crippen LogP contribution in [-0.2, 0) is 6.42 Å². The summed E-state index contributed by atoms with van der Waals surface area (Å²) in [5.74, 6) is 0. The van der Waals surface area contributed by atoms with Crippen molar-refractivity contribution in [3.63, 3.8) is 0 Å². The maximum atomic E-state index is 9.14. The van der Waals surface area contributed by atoms with Crippen molar-refractivity contribution < 1.29 is 5.11 Å². The van der Waals surface area contributed by atoms with Gasteiger partial charge in [0.05, 0.1) is 10.8 Å². The molecule has 1 atom stereocenters. The Morgan fingerprint density at radius 2 is 2.00 bits per heavy atom. The van der Waals surface area contributed by atoms with E-state index in [0.29, 0.717) is 6.04 Å². The molecule has 3 heterocycles. The molecule has 1 aromatic heterocycles. The summed E-state index contributed by atoms with van der Waals surface area (Å²) in [5.41, 5.74) is 2.83. The number of aliphatic hydroxyl groups is 1. The van der Waals surface area contributed by atoms with Crippen LogP contribution < -0.4 is 0 Å². The van der Waals surface area contributed by atoms with Gasteiger partial charge in [0, 0.05) is 48.7 Å². The fourth-order valence-corrected chi connectivity index (χ4v) is 6.06. The molecule has 2 aliphatic rings. The predicted octanol–water partition coefficient (Wildman–Crippen LogP) is 3.76. The number of aliphatic hydroxyl groups excluding tert-OH is 1. The van der Waals surface area contributed by atoms with E-state index in [2.05, 4.69) is 33.4 Å². The van der Waals surface area contributed by atoms with Gasteiger partial charge in [-0.3, -0.25) is 9.80 Å². The Bertz CT molecular complexity index is 713. The van der Waals surface area contributed by atoms with Crippen LogP contribution in [0.1, 0.15) is 17.2 Å². The highest BCUT2D eigenvalue weighted by Gasteiger charge is 2.30. The summed E-state index contributed by atoms with van der Waals surface area (Å²) in [4.78, 5) is 6.29. The topological polar surface area (TPSA) is 26.7 Å². The predicted molar refractivity (Wildman–Crippen MR) is 101 cm³/mol. The maximum Gasteiger partial charge on any atom is 0.0694 e. The van der Waals surface area contributed by atoms with Crippen LogP contribution in [0.3, 0.4) is 0 Å². The van der Waals surface area contributed by atoms with Crippen LogP contribution in [0.2, 0.25) is 5.02 Å². The summed E-state index contributed by atoms with van der Waals surface area (Å²) < 4.78 is 1.42. The first-order valence-corrected chi connectivity index (χ1v) is 10.4. The lowest BCUT2D eigenvalue weighted by Gasteiger charge is -2.39. The quantitative estimate of drug-likeness (QED) is 0.877. The summed E-state index contributed by atoms with van der Waals surface area (Å²) in [6, 6.07) is 9.01. The molecule has 1 aromatic carbocycles. The number of nitrogens with zero attached hydrogens (tertiary/aromatic N) is 2. The number of rotatable bonds is 3. The normalized spacial score (nSPS) is 22.0. The monoisotopic (exact) mass is 380 g/mol. The highest BCUT2D eigenvalue weighted by atomic mass is 35.5. The summed E-state index contributed by atoms with van der Waals surface area (Å²) in [7, 11) is 0. The van der Waals surface area contributed by atoms with E-state index in [1.54, 1.807) is 0 Å². The van der Waals surface area contributed by atoms with Gasteiger partial charge in [0.15, 0.2) is 0 Å². The molecule has 1 fully saturated rings. The molecule has 128 valence electrons. The molecule has 24 heavy (non-hydrogen) atoms. The molecule has 3 nitrogen and oxygen atoms in total. The first kappa shape index (κ1) is 16.9. The van der Waals surface area contributed by atoms with Crippen molar-refractivity contribution in [3.8, 4) is 0 Å². The van der Waals surface area contributed by atoms with Gasteiger partial charge in [0.1, 0.15) is 0 Å². The second kappa shape index (κ2) is 7.36. The number of fused-ring (bicyclic) bond motifs is 2. The van der Waals surface area contributed by atoms with Crippen molar-refractivity contribution in [1.29, 1.82) is 0 Å². The Morgan fingerprint density at radius 1 is 1.17 bits per heavy atom. The van der Waals surface area contributed by atoms with Gasteiger partial charge in [-0.15, -0.1) is 11.3 Å². The van der Waals surface area contributed by atoms with Gasteiger partial charge in [0.25, 0.3) is 0 Å². The number of piperazine rings is 1. The van der Waals surface area contributed by atoms with Gasteiger partial charge in [-0.05, 0) is 47.2 Å². The van der Waals surface area contributed by atoms with Crippen molar-refractivity contribution in [1.82, 2.24) is 9.80 Å². The SMILES string of the molecule is OCCN1CCN([C@H]2Cc3cc(Cl)ccc3Sc3sccc32)CC1. The first-order valence-electron chi connectivity index (χ1n) is 8.35. The second-order valence-electron chi connectivity index (χ2n) is 6.34. The molecule has 6 heteroatoms. The minimum Gasteiger partial charge on any atom is -0.395 e. The number of hydrogen-bond acceptors (Lipinski definition) is 5. The largest absolute Gasteiger partial charge is 0.395 e. The lowest BCUT2D eigenvalue weighted by molar-refractivity contribution is 0.0825. The summed E-state index contributed by atoms with van der Waals surface area (Å²) in [6.45, 7) is 5.22. The summed E-state index contributed by atoms with van der Waals surface area (Å²) >= 11 is 9.98. The maximum absolute atomic E-state index is 9.14. The van der Waals surface area contributed by atoms with E-state index >= 15 is 0 Å². The molecule has 1 N–H and O–H groups in total. The Hall–Kier alpha value is -0.560. The number of halogens is 1. The van der Waals surface area contributed by atoms with E-state index in [-0.39, 0.29) is 6.61 Å². The van der Waals surface area contributed by atoms with Crippen LogP contribution in [0, 0.1) is 0 Å². The van der Waals surface area contributed by atoms with E-state index in [4.69, 9.17) is 16.7 Å². The Balaban J connectivity index is 1.61. The van der Waals surface area contributed by atoms with Crippen LogP contribution in [0.25, 0.3) is 0 Å². The van der Waals surface area contributed by atoms with Crippen molar-refractivity contribution in [2.24, 2.45) is 0 Å². The zero-order chi connectivity index (χ0) is 16.5. The highest BCUT2D eigenvalue weighted by Crippen LogP contribution is 2.46. The molecular formula is C18H21ClN2OS2. The van der Waals surface area contributed by atoms with Crippen molar-refractivity contribution in [2.75, 3.05) is 39.3 Å². The van der Waals surface area contributed by atoms with E-state index in [9.17, 15) is 0 Å². The van der Waals surface area contributed by atoms with Gasteiger partial charge in [-0.1, -0.05) is 23.4 Å². The van der Waals surface area contributed by atoms with E-state index in [0.717, 1.165) is 44.2 Å². The number of thiophene rings is 1. The van der Waals surface area contributed by atoms with Crippen LogP contribution >= 0.6 is 34.7 Å². The molecule has 4 rings (SSSR count). The lowest BCUT2D eigenvalue weighted by atomic mass is 9.99. The molecule has 0 spiro atoms. The molecule has 2 aliphatic heterocycles. The Morgan fingerprint density at radius 3 is 2.79 bits per heavy atom. The van der Waals surface area contributed by atoms with Crippen LogP contribution in [-0.4, -0.2) is 54.2 Å². The van der Waals surface area contributed by atoms with E-state index in [1.165, 1.54) is 20.2 Å². The molecule has 0 saturated carbocycles. The van der Waals surface area contributed by atoms with Gasteiger partial charge in [-0.2, -0.15) is 0 Å². The number of β-amino-alcohol motifs (C(OH)–C–C–N with tert-alkyl or cyclic N) is 1. The van der Waals surface area contributed by atoms with Crippen LogP contribution in [0.4, 0.5) is 0 Å². The van der Waals surface area contributed by atoms with Crippen molar-refractivity contribution >= 4 is 34.7 Å². The van der Waals surface area contributed by atoms with Crippen molar-refractivity contribution in [3.05, 3.63) is 45.8 Å². The molecular weight excluding hydrogens is 360 g/mol. The highest BCUT2D eigenvalue weighted by molar-refractivity contribution is 8.01. The van der Waals surface area contributed by atoms with Gasteiger partial charge < -0.3 is 5.11 Å². The first-order chi connectivity index (χ1) is 11.7. The third kappa shape index (κ3) is 3.39. The lowest BCUT2D eigenvalue weighted by Crippen LogP contribution is -2.48. The van der Waals surface area contributed by atoms with Crippen LogP contribution in [0.5, 0.6) is 0 Å². The van der Waals surface area contributed by atoms with Gasteiger partial charge in [-0.25, -0.2) is 0 Å². The molecule has 2 aromatic rings. The van der Waals surface area contributed by atoms with Crippen molar-refractivity contribution in [2.45, 2.75) is 21.6 Å². The zero-order valence-electron chi connectivity index (χ0n) is 13.4. The van der Waals surface area contributed by atoms with Gasteiger partial charge >= 0.3 is 0 Å². The molecule has 1 saturated heterocycles. The number of hydrogen-bond donors (Lipinski definition) is 1. The Kier molecular flexibility index (Phi) is 5.18. The Labute approximate surface area is 156 Å². The minimum absolute atomic E-state index is 0.251. The number of benzene rings is 1. The smallest absolute Gasteiger partial charge is 0.0694 e. The molecule has 0 bridgehead atoms. The standard InChI is InChI=1S/C18H21ClN2OS2/c19-14-1-2-17-13(11-14)12-16(15-3-10-23-18(15)24-17)21-6-4-20(5-7-21)8-9-22/h1-3,10-11,16,22H,4-9,12H2/t16-/m0/s1. The van der Waals surface area contributed by atoms with Gasteiger partial charge in [0.2, 0.25) is 0 Å². The molecule has 0 aliphatic carbocycles. The third-order valence-electron chi connectivity index (χ3n) is 4.92. The van der Waals surface area contributed by atoms with E-state index in [1.807, 2.05) is 29.2 Å². The van der Waals surface area contributed by atoms with E-state index < -0.39 is 0 Å². The second-order valence-corrected chi connectivity index (χ2v) is 9.00. The fourth-order valence-electron chi connectivity index (χ4n) is 3.63. The molecule has 0 amide bonds. The average molecular weight is 381 g/mol. The average Bonchev–Trinajstić information content (AvgIpc) is 2.98. The van der Waals surface area contributed by atoms with Crippen LogP contribution in [0.15, 0.2) is 38.8 Å². The third-order valence-corrected chi connectivity index (χ3v) is 7.45. The molecule has 0 unspecified atom stereocenters. The summed E-state index contributed by atoms with van der Waals surface area (Å²) in [6.07, 6.45) is 1.02. The molecule has 0 radical (unpaired) electrons.